The van der Waals surface area contributed by atoms with Crippen LogP contribution >= 0.6 is 0 Å². The Kier molecular flexibility index (Phi) is 5.34. The normalized spacial score (nSPS) is 16.9. The Morgan fingerprint density at radius 3 is 2.54 bits per heavy atom. The highest BCUT2D eigenvalue weighted by molar-refractivity contribution is 7.92. The van der Waals surface area contributed by atoms with Gasteiger partial charge in [0.15, 0.2) is 6.10 Å². The van der Waals surface area contributed by atoms with Crippen LogP contribution in [0.4, 0.5) is 10.1 Å². The monoisotopic (exact) mass is 406 g/mol. The molecule has 0 unspecified atom stereocenters. The molecule has 1 amide bonds. The zero-order chi connectivity index (χ0) is 20.5. The maximum absolute atomic E-state index is 14.1. The molecule has 28 heavy (non-hydrogen) atoms. The van der Waals surface area contributed by atoms with Crippen LogP contribution in [0.15, 0.2) is 48.5 Å². The number of sulfonamides is 1. The molecule has 0 bridgehead atoms. The summed E-state index contributed by atoms with van der Waals surface area (Å²) in [6.45, 7) is 3.70. The minimum absolute atomic E-state index is 0.123. The second-order valence-corrected chi connectivity index (χ2v) is 9.36. The Balaban J connectivity index is 1.76. The van der Waals surface area contributed by atoms with Gasteiger partial charge in [-0.05, 0) is 23.8 Å². The summed E-state index contributed by atoms with van der Waals surface area (Å²) in [5.41, 5.74) is 0.244. The summed E-state index contributed by atoms with van der Waals surface area (Å²) < 4.78 is 45.3. The zero-order valence-electron chi connectivity index (χ0n) is 16.0. The van der Waals surface area contributed by atoms with E-state index >= 15 is 0 Å². The lowest BCUT2D eigenvalue weighted by molar-refractivity contribution is -0.128. The molecule has 3 rings (SSSR count). The molecule has 0 aliphatic carbocycles. The molecule has 0 saturated carbocycles. The van der Waals surface area contributed by atoms with E-state index < -0.39 is 27.4 Å². The minimum atomic E-state index is -3.57. The van der Waals surface area contributed by atoms with Gasteiger partial charge in [0.1, 0.15) is 11.6 Å². The first-order valence-electron chi connectivity index (χ1n) is 8.86. The number of para-hydroxylation sites is 2. The van der Waals surface area contributed by atoms with E-state index in [9.17, 15) is 17.6 Å². The van der Waals surface area contributed by atoms with Gasteiger partial charge in [0.25, 0.3) is 5.91 Å². The van der Waals surface area contributed by atoms with Crippen molar-refractivity contribution in [2.45, 2.75) is 25.4 Å². The third-order valence-corrected chi connectivity index (χ3v) is 5.88. The second-order valence-electron chi connectivity index (χ2n) is 7.45. The number of halogens is 1. The molecule has 6 nitrogen and oxygen atoms in total. The Morgan fingerprint density at radius 1 is 1.21 bits per heavy atom. The van der Waals surface area contributed by atoms with Crippen molar-refractivity contribution in [1.29, 1.82) is 0 Å². The molecule has 8 heteroatoms. The van der Waals surface area contributed by atoms with E-state index in [-0.39, 0.29) is 18.9 Å². The van der Waals surface area contributed by atoms with Crippen LogP contribution in [0.1, 0.15) is 19.4 Å². The second kappa shape index (κ2) is 7.43. The minimum Gasteiger partial charge on any atom is -0.476 e. The predicted octanol–water partition coefficient (Wildman–Crippen LogP) is 2.45. The Labute approximate surface area is 164 Å². The van der Waals surface area contributed by atoms with Crippen LogP contribution in [0.3, 0.4) is 0 Å². The Morgan fingerprint density at radius 2 is 1.86 bits per heavy atom. The summed E-state index contributed by atoms with van der Waals surface area (Å²) >= 11 is 0. The molecule has 1 aliphatic rings. The topological polar surface area (TPSA) is 75.7 Å². The maximum atomic E-state index is 14.1. The summed E-state index contributed by atoms with van der Waals surface area (Å²) in [5, 5.41) is 2.77. The number of rotatable bonds is 5. The number of ether oxygens (including phenoxy) is 1. The van der Waals surface area contributed by atoms with Crippen LogP contribution in [0.2, 0.25) is 0 Å². The number of benzene rings is 2. The van der Waals surface area contributed by atoms with E-state index in [1.807, 2.05) is 13.8 Å². The van der Waals surface area contributed by atoms with Crippen LogP contribution < -0.4 is 14.4 Å². The highest BCUT2D eigenvalue weighted by Gasteiger charge is 2.35. The molecule has 1 aliphatic heterocycles. The first-order chi connectivity index (χ1) is 13.1. The van der Waals surface area contributed by atoms with E-state index in [1.165, 1.54) is 6.07 Å². The zero-order valence-corrected chi connectivity index (χ0v) is 16.8. The van der Waals surface area contributed by atoms with Gasteiger partial charge in [-0.15, -0.1) is 0 Å². The Hall–Kier alpha value is -2.61. The molecular weight excluding hydrogens is 383 g/mol. The quantitative estimate of drug-likeness (QED) is 0.828. The Bertz CT molecular complexity index is 991. The van der Waals surface area contributed by atoms with Gasteiger partial charge in [0, 0.05) is 12.0 Å². The van der Waals surface area contributed by atoms with Crippen molar-refractivity contribution < 1.29 is 22.3 Å². The van der Waals surface area contributed by atoms with Crippen molar-refractivity contribution in [2.24, 2.45) is 0 Å². The highest BCUT2D eigenvalue weighted by atomic mass is 32.2. The van der Waals surface area contributed by atoms with Gasteiger partial charge in [-0.2, -0.15) is 0 Å². The van der Waals surface area contributed by atoms with Crippen molar-refractivity contribution in [3.63, 3.8) is 0 Å². The molecule has 0 fully saturated rings. The predicted molar refractivity (Wildman–Crippen MR) is 105 cm³/mol. The number of hydrogen-bond donors (Lipinski definition) is 1. The van der Waals surface area contributed by atoms with Gasteiger partial charge >= 0.3 is 0 Å². The number of anilines is 1. The van der Waals surface area contributed by atoms with Crippen LogP contribution in [-0.4, -0.2) is 39.8 Å². The molecule has 0 saturated heterocycles. The van der Waals surface area contributed by atoms with Gasteiger partial charge in [0.2, 0.25) is 10.0 Å². The molecule has 0 spiro atoms. The van der Waals surface area contributed by atoms with E-state index in [4.69, 9.17) is 4.74 Å². The molecule has 0 radical (unpaired) electrons. The van der Waals surface area contributed by atoms with E-state index in [2.05, 4.69) is 5.32 Å². The van der Waals surface area contributed by atoms with E-state index in [1.54, 1.807) is 42.5 Å². The molecular formula is C20H23FN2O4S. The molecule has 0 aromatic heterocycles. The summed E-state index contributed by atoms with van der Waals surface area (Å²) in [4.78, 5) is 12.7. The lowest BCUT2D eigenvalue weighted by atomic mass is 9.84. The van der Waals surface area contributed by atoms with Crippen LogP contribution in [0, 0.1) is 5.82 Å². The van der Waals surface area contributed by atoms with Gasteiger partial charge < -0.3 is 10.1 Å². The van der Waals surface area contributed by atoms with Crippen LogP contribution in [0.25, 0.3) is 0 Å². The molecule has 150 valence electrons. The number of nitrogens with one attached hydrogen (secondary N) is 1. The molecule has 1 N–H and O–H groups in total. The van der Waals surface area contributed by atoms with E-state index in [0.717, 1.165) is 10.6 Å². The average Bonchev–Trinajstić information content (AvgIpc) is 2.64. The van der Waals surface area contributed by atoms with E-state index in [0.29, 0.717) is 17.0 Å². The molecule has 2 aromatic rings. The fraction of sp³-hybridized carbons (Fsp3) is 0.350. The number of nitrogens with zero attached hydrogens (tertiary/aromatic N) is 1. The molecule has 2 aromatic carbocycles. The smallest absolute Gasteiger partial charge is 0.263 e. The van der Waals surface area contributed by atoms with Crippen molar-refractivity contribution in [2.75, 3.05) is 23.7 Å². The average molecular weight is 406 g/mol. The van der Waals surface area contributed by atoms with Gasteiger partial charge in [-0.3, -0.25) is 9.10 Å². The number of fused-ring (bicyclic) bond motifs is 1. The lowest BCUT2D eigenvalue weighted by Gasteiger charge is -2.34. The highest BCUT2D eigenvalue weighted by Crippen LogP contribution is 2.34. The maximum Gasteiger partial charge on any atom is 0.263 e. The summed E-state index contributed by atoms with van der Waals surface area (Å²) in [5.74, 6) is -0.465. The van der Waals surface area contributed by atoms with Gasteiger partial charge in [-0.1, -0.05) is 44.2 Å². The standard InChI is InChI=1S/C20H23FN2O4S/c1-20(2,14-8-4-5-9-15(14)21)13-22-19(24)18-12-23(28(3,25)26)16-10-6-7-11-17(16)27-18/h4-11,18H,12-13H2,1-3H3,(H,22,24)/t18-/m0/s1. The largest absolute Gasteiger partial charge is 0.476 e. The summed E-state index contributed by atoms with van der Waals surface area (Å²) in [7, 11) is -3.57. The third-order valence-electron chi connectivity index (χ3n) is 4.74. The number of hydrogen-bond acceptors (Lipinski definition) is 4. The molecule has 1 atom stereocenters. The first kappa shape index (κ1) is 20.1. The van der Waals surface area contributed by atoms with Gasteiger partial charge in [-0.25, -0.2) is 12.8 Å². The van der Waals surface area contributed by atoms with Crippen LogP contribution in [-0.2, 0) is 20.2 Å². The van der Waals surface area contributed by atoms with Crippen molar-refractivity contribution >= 4 is 21.6 Å². The summed E-state index contributed by atoms with van der Waals surface area (Å²) in [6.07, 6.45) is 0.0896. The number of carbonyl (C=O) groups excluding carboxylic acids is 1. The molecule has 1 heterocycles. The number of carbonyl (C=O) groups is 1. The lowest BCUT2D eigenvalue weighted by Crippen LogP contribution is -2.52. The first-order valence-corrected chi connectivity index (χ1v) is 10.7. The van der Waals surface area contributed by atoms with Crippen molar-refractivity contribution in [3.8, 4) is 5.75 Å². The van der Waals surface area contributed by atoms with Crippen molar-refractivity contribution in [1.82, 2.24) is 5.32 Å². The SMILES string of the molecule is CC(C)(CNC(=O)[C@@H]1CN(S(C)(=O)=O)c2ccccc2O1)c1ccccc1F. The summed E-state index contributed by atoms with van der Waals surface area (Å²) in [6, 6.07) is 13.1. The fourth-order valence-corrected chi connectivity index (χ4v) is 4.09. The fourth-order valence-electron chi connectivity index (χ4n) is 3.18. The van der Waals surface area contributed by atoms with Crippen LogP contribution in [0.5, 0.6) is 5.75 Å². The van der Waals surface area contributed by atoms with Gasteiger partial charge in [0.05, 0.1) is 18.5 Å². The third kappa shape index (κ3) is 4.11. The van der Waals surface area contributed by atoms with Crippen molar-refractivity contribution in [3.05, 3.63) is 59.9 Å². The number of amides is 1.